The zero-order valence-corrected chi connectivity index (χ0v) is 9.61. The molecule has 1 N–H and O–H groups in total. The lowest BCUT2D eigenvalue weighted by Crippen LogP contribution is -2.03. The normalized spacial score (nSPS) is 11.3. The minimum absolute atomic E-state index is 0.404. The van der Waals surface area contributed by atoms with Crippen LogP contribution in [0.4, 0.5) is 13.2 Å². The van der Waals surface area contributed by atoms with Gasteiger partial charge in [-0.15, -0.1) is 0 Å². The summed E-state index contributed by atoms with van der Waals surface area (Å²) in [4.78, 5) is 11.2. The Bertz CT molecular complexity index is 646. The maximum atomic E-state index is 12.4. The fraction of sp³-hybridized carbons (Fsp3) is 0.0714. The van der Waals surface area contributed by atoms with Crippen LogP contribution in [0.1, 0.15) is 5.56 Å². The molecule has 0 fully saturated rings. The fourth-order valence-corrected chi connectivity index (χ4v) is 1.60. The average molecular weight is 266 g/mol. The van der Waals surface area contributed by atoms with E-state index in [1.54, 1.807) is 0 Å². The van der Waals surface area contributed by atoms with Gasteiger partial charge < -0.3 is 5.11 Å². The molecule has 98 valence electrons. The molecule has 2 aromatic carbocycles. The summed E-state index contributed by atoms with van der Waals surface area (Å²) in [6.45, 7) is 0. The van der Waals surface area contributed by atoms with Crippen molar-refractivity contribution < 1.29 is 18.3 Å². The fourth-order valence-electron chi connectivity index (χ4n) is 1.60. The zero-order chi connectivity index (χ0) is 14.0. The standard InChI is InChI=1S/C14H9F3O2/c15-14(16,17)11-5-1-9(2-6-11)10-3-7-12(18)13(19)8-4-10/h1-8H,(H,18,19). The predicted molar refractivity (Wildman–Crippen MR) is 64.8 cm³/mol. The van der Waals surface area contributed by atoms with Gasteiger partial charge in [0.2, 0.25) is 5.43 Å². The second-order valence-corrected chi connectivity index (χ2v) is 3.95. The van der Waals surface area contributed by atoms with Gasteiger partial charge in [-0.05, 0) is 35.4 Å². The summed E-state index contributed by atoms with van der Waals surface area (Å²) >= 11 is 0. The highest BCUT2D eigenvalue weighted by Crippen LogP contribution is 2.30. The topological polar surface area (TPSA) is 37.3 Å². The maximum absolute atomic E-state index is 12.4. The predicted octanol–water partition coefficient (Wildman–Crippen LogP) is 3.44. The molecule has 2 rings (SSSR count). The molecule has 0 unspecified atom stereocenters. The van der Waals surface area contributed by atoms with Gasteiger partial charge in [0.25, 0.3) is 0 Å². The molecule has 0 aromatic heterocycles. The van der Waals surface area contributed by atoms with Crippen LogP contribution in [0.5, 0.6) is 5.75 Å². The molecule has 19 heavy (non-hydrogen) atoms. The van der Waals surface area contributed by atoms with E-state index < -0.39 is 22.9 Å². The molecule has 2 aromatic rings. The number of aromatic hydroxyl groups is 1. The van der Waals surface area contributed by atoms with Gasteiger partial charge in [-0.1, -0.05) is 24.3 Å². The average Bonchev–Trinajstić information content (AvgIpc) is 2.52. The van der Waals surface area contributed by atoms with Gasteiger partial charge in [0.05, 0.1) is 5.56 Å². The molecule has 5 heteroatoms. The number of hydrogen-bond acceptors (Lipinski definition) is 2. The molecule has 0 spiro atoms. The zero-order valence-electron chi connectivity index (χ0n) is 9.61. The van der Waals surface area contributed by atoms with Crippen molar-refractivity contribution in [3.8, 4) is 16.9 Å². The molecule has 0 saturated carbocycles. The Kier molecular flexibility index (Phi) is 3.29. The maximum Gasteiger partial charge on any atom is 0.416 e. The van der Waals surface area contributed by atoms with E-state index in [1.165, 1.54) is 36.4 Å². The van der Waals surface area contributed by atoms with Gasteiger partial charge in [-0.3, -0.25) is 4.79 Å². The second-order valence-electron chi connectivity index (χ2n) is 3.95. The van der Waals surface area contributed by atoms with Crippen molar-refractivity contribution >= 4 is 0 Å². The van der Waals surface area contributed by atoms with Crippen LogP contribution in [-0.4, -0.2) is 5.11 Å². The van der Waals surface area contributed by atoms with Crippen LogP contribution < -0.4 is 5.43 Å². The Morgan fingerprint density at radius 2 is 1.26 bits per heavy atom. The molecular formula is C14H9F3O2. The lowest BCUT2D eigenvalue weighted by atomic mass is 10.1. The first-order chi connectivity index (χ1) is 8.88. The van der Waals surface area contributed by atoms with E-state index >= 15 is 0 Å². The molecule has 2 nitrogen and oxygen atoms in total. The first-order valence-electron chi connectivity index (χ1n) is 5.39. The number of halogens is 3. The van der Waals surface area contributed by atoms with Crippen LogP contribution >= 0.6 is 0 Å². The van der Waals surface area contributed by atoms with Crippen LogP contribution in [0.2, 0.25) is 0 Å². The highest BCUT2D eigenvalue weighted by atomic mass is 19.4. The second kappa shape index (κ2) is 4.76. The SMILES string of the molecule is O=c1ccc(-c2ccc(C(F)(F)F)cc2)ccc1O. The van der Waals surface area contributed by atoms with Crippen LogP contribution in [-0.2, 0) is 6.18 Å². The van der Waals surface area contributed by atoms with Crippen LogP contribution in [0.3, 0.4) is 0 Å². The Balaban J connectivity index is 2.44. The van der Waals surface area contributed by atoms with Gasteiger partial charge in [0.1, 0.15) is 0 Å². The van der Waals surface area contributed by atoms with Gasteiger partial charge >= 0.3 is 6.18 Å². The lowest BCUT2D eigenvalue weighted by Gasteiger charge is -2.07. The minimum Gasteiger partial charge on any atom is -0.504 e. The number of rotatable bonds is 1. The molecule has 0 heterocycles. The van der Waals surface area contributed by atoms with Crippen molar-refractivity contribution in [2.45, 2.75) is 6.18 Å². The molecule has 0 aliphatic carbocycles. The van der Waals surface area contributed by atoms with E-state index in [0.717, 1.165) is 12.1 Å². The van der Waals surface area contributed by atoms with Crippen LogP contribution in [0.25, 0.3) is 11.1 Å². The molecule has 0 bridgehead atoms. The summed E-state index contributed by atoms with van der Waals surface area (Å²) in [6, 6.07) is 9.89. The summed E-state index contributed by atoms with van der Waals surface area (Å²) in [7, 11) is 0. The number of alkyl halides is 3. The summed E-state index contributed by atoms with van der Waals surface area (Å²) in [5, 5.41) is 9.24. The van der Waals surface area contributed by atoms with Gasteiger partial charge in [0, 0.05) is 0 Å². The van der Waals surface area contributed by atoms with E-state index in [4.69, 9.17) is 0 Å². The molecule has 0 aliphatic rings. The van der Waals surface area contributed by atoms with Gasteiger partial charge in [0.15, 0.2) is 5.75 Å². The highest BCUT2D eigenvalue weighted by Gasteiger charge is 2.29. The van der Waals surface area contributed by atoms with Crippen molar-refractivity contribution in [3.05, 3.63) is 64.3 Å². The van der Waals surface area contributed by atoms with Crippen molar-refractivity contribution in [2.75, 3.05) is 0 Å². The Morgan fingerprint density at radius 1 is 0.789 bits per heavy atom. The van der Waals surface area contributed by atoms with E-state index in [2.05, 4.69) is 0 Å². The van der Waals surface area contributed by atoms with Crippen LogP contribution in [0.15, 0.2) is 53.3 Å². The van der Waals surface area contributed by atoms with Crippen molar-refractivity contribution in [2.24, 2.45) is 0 Å². The third-order valence-electron chi connectivity index (χ3n) is 2.63. The third-order valence-corrected chi connectivity index (χ3v) is 2.63. The molecule has 0 atom stereocenters. The van der Waals surface area contributed by atoms with Crippen molar-refractivity contribution in [1.29, 1.82) is 0 Å². The third kappa shape index (κ3) is 2.93. The quantitative estimate of drug-likeness (QED) is 0.858. The molecule has 0 saturated heterocycles. The Hall–Kier alpha value is -2.30. The molecule has 0 radical (unpaired) electrons. The monoisotopic (exact) mass is 266 g/mol. The summed E-state index contributed by atoms with van der Waals surface area (Å²) in [6.07, 6.45) is -4.37. The van der Waals surface area contributed by atoms with E-state index in [0.29, 0.717) is 11.1 Å². The van der Waals surface area contributed by atoms with E-state index in [-0.39, 0.29) is 0 Å². The lowest BCUT2D eigenvalue weighted by molar-refractivity contribution is -0.137. The summed E-state index contributed by atoms with van der Waals surface area (Å²) < 4.78 is 37.2. The van der Waals surface area contributed by atoms with Crippen LogP contribution in [0, 0.1) is 0 Å². The molecule has 0 aliphatic heterocycles. The molecule has 0 amide bonds. The van der Waals surface area contributed by atoms with E-state index in [1.807, 2.05) is 0 Å². The minimum atomic E-state index is -4.37. The summed E-state index contributed by atoms with van der Waals surface area (Å²) in [5.41, 5.74) is -0.198. The van der Waals surface area contributed by atoms with Crippen molar-refractivity contribution in [1.82, 2.24) is 0 Å². The first kappa shape index (κ1) is 13.1. The number of hydrogen-bond donors (Lipinski definition) is 1. The molecular weight excluding hydrogens is 257 g/mol. The van der Waals surface area contributed by atoms with E-state index in [9.17, 15) is 23.1 Å². The summed E-state index contributed by atoms with van der Waals surface area (Å²) in [5.74, 6) is -0.404. The van der Waals surface area contributed by atoms with Gasteiger partial charge in [-0.2, -0.15) is 13.2 Å². The smallest absolute Gasteiger partial charge is 0.416 e. The number of benzene rings is 1. The Labute approximate surface area is 106 Å². The Morgan fingerprint density at radius 3 is 1.79 bits per heavy atom. The highest BCUT2D eigenvalue weighted by molar-refractivity contribution is 5.63. The first-order valence-corrected chi connectivity index (χ1v) is 5.39. The largest absolute Gasteiger partial charge is 0.504 e. The van der Waals surface area contributed by atoms with Crippen molar-refractivity contribution in [3.63, 3.8) is 0 Å². The van der Waals surface area contributed by atoms with Gasteiger partial charge in [-0.25, -0.2) is 0 Å².